The monoisotopic (exact) mass is 529 g/mol. The van der Waals surface area contributed by atoms with Crippen LogP contribution in [0.2, 0.25) is 0 Å². The molecule has 4 rings (SSSR count). The van der Waals surface area contributed by atoms with Crippen molar-refractivity contribution in [1.82, 2.24) is 0 Å². The van der Waals surface area contributed by atoms with Crippen LogP contribution in [0.1, 0.15) is 27.6 Å². The minimum atomic E-state index is -5.39. The fourth-order valence-electron chi connectivity index (χ4n) is 3.93. The number of nitrogens with one attached hydrogen (secondary N) is 1. The molecule has 0 unspecified atom stereocenters. The Balaban J connectivity index is 2.37. The van der Waals surface area contributed by atoms with Crippen LogP contribution in [-0.2, 0) is 20.2 Å². The van der Waals surface area contributed by atoms with Crippen LogP contribution < -0.4 is 16.2 Å². The molecule has 0 saturated heterocycles. The molecule has 186 valence electrons. The molecule has 3 N–H and O–H groups in total. The van der Waals surface area contributed by atoms with E-state index in [9.17, 15) is 40.6 Å². The third kappa shape index (κ3) is 4.01. The molecule has 2 aromatic carbocycles. The van der Waals surface area contributed by atoms with E-state index in [1.807, 2.05) is 0 Å². The first-order valence-corrected chi connectivity index (χ1v) is 12.6. The Hall–Kier alpha value is -4.11. The van der Waals surface area contributed by atoms with E-state index in [-0.39, 0.29) is 27.6 Å². The van der Waals surface area contributed by atoms with Gasteiger partial charge >= 0.3 is 0 Å². The van der Waals surface area contributed by atoms with Crippen molar-refractivity contribution in [3.05, 3.63) is 58.9 Å². The van der Waals surface area contributed by atoms with Crippen LogP contribution in [-0.4, -0.2) is 37.7 Å². The van der Waals surface area contributed by atoms with Crippen LogP contribution >= 0.6 is 0 Å². The zero-order chi connectivity index (χ0) is 26.7. The minimum Gasteiger partial charge on any atom is -0.744 e. The van der Waals surface area contributed by atoms with Crippen molar-refractivity contribution in [2.75, 3.05) is 5.73 Å². The van der Waals surface area contributed by atoms with Crippen LogP contribution in [0.25, 0.3) is 33.4 Å². The van der Waals surface area contributed by atoms with E-state index in [4.69, 9.17) is 15.6 Å². The molecule has 1 heterocycles. The number of hydrogen-bond donors (Lipinski definition) is 2. The summed E-state index contributed by atoms with van der Waals surface area (Å²) in [5.41, 5.74) is 3.27. The summed E-state index contributed by atoms with van der Waals surface area (Å²) in [6.07, 6.45) is 0. The highest BCUT2D eigenvalue weighted by Crippen LogP contribution is 2.45. The van der Waals surface area contributed by atoms with Gasteiger partial charge in [-0.1, -0.05) is 12.1 Å². The number of carboxylic acid groups (broad SMARTS) is 1. The van der Waals surface area contributed by atoms with E-state index in [2.05, 4.69) is 0 Å². The molecule has 2 aromatic rings. The quantitative estimate of drug-likeness (QED) is 0.157. The second kappa shape index (κ2) is 8.23. The summed E-state index contributed by atoms with van der Waals surface area (Å²) in [6.45, 7) is 1.19. The number of anilines is 1. The number of fused-ring (bicyclic) bond motifs is 2. The van der Waals surface area contributed by atoms with Gasteiger partial charge in [-0.05, 0) is 42.8 Å². The molecule has 1 aliphatic heterocycles. The van der Waals surface area contributed by atoms with Gasteiger partial charge in [-0.3, -0.25) is 10.2 Å². The van der Waals surface area contributed by atoms with E-state index >= 15 is 0 Å². The fourth-order valence-corrected chi connectivity index (χ4v) is 5.38. The number of carbonyl (C=O) groups is 2. The average molecular weight is 529 g/mol. The van der Waals surface area contributed by atoms with Crippen molar-refractivity contribution in [2.24, 2.45) is 0 Å². The summed E-state index contributed by atoms with van der Waals surface area (Å²) in [6, 6.07) is 7.81. The van der Waals surface area contributed by atoms with Gasteiger partial charge in [-0.2, -0.15) is 0 Å². The second-order valence-corrected chi connectivity index (χ2v) is 10.3. The Morgan fingerprint density at radius 1 is 0.917 bits per heavy atom. The Morgan fingerprint density at radius 2 is 1.53 bits per heavy atom. The van der Waals surface area contributed by atoms with Crippen LogP contribution in [0, 0.1) is 5.41 Å². The Kier molecular flexibility index (Phi) is 5.72. The number of carbonyl (C=O) groups excluding carboxylic acids is 2. The van der Waals surface area contributed by atoms with Crippen LogP contribution in [0.5, 0.6) is 0 Å². The third-order valence-electron chi connectivity index (χ3n) is 5.41. The average Bonchev–Trinajstić information content (AvgIpc) is 2.74. The maximum atomic E-state index is 12.0. The number of nitrogen functional groups attached to an aromatic ring is 1. The third-order valence-corrected chi connectivity index (χ3v) is 7.24. The molecule has 2 aliphatic rings. The van der Waals surface area contributed by atoms with Crippen LogP contribution in [0.3, 0.4) is 0 Å². The molecule has 0 aromatic heterocycles. The molecule has 0 bridgehead atoms. The summed E-state index contributed by atoms with van der Waals surface area (Å²) < 4.78 is 77.6. The predicted octanol–water partition coefficient (Wildman–Crippen LogP) is 0.641. The maximum Gasteiger partial charge on any atom is 0.159 e. The van der Waals surface area contributed by atoms with E-state index in [1.165, 1.54) is 25.1 Å². The summed E-state index contributed by atoms with van der Waals surface area (Å²) >= 11 is 0. The van der Waals surface area contributed by atoms with Gasteiger partial charge in [0.15, 0.2) is 17.1 Å². The number of carboxylic acids is 1. The molecule has 36 heavy (non-hydrogen) atoms. The van der Waals surface area contributed by atoms with Crippen molar-refractivity contribution in [2.45, 2.75) is 16.7 Å². The number of nitrogens with two attached hydrogens (primary N) is 1. The topological polar surface area (TPSA) is 235 Å². The highest BCUT2D eigenvalue weighted by Gasteiger charge is 2.28. The number of aromatic carboxylic acids is 1. The Morgan fingerprint density at radius 3 is 2.08 bits per heavy atom. The molecule has 0 amide bonds. The standard InChI is InChI=1S/C22H16N2O10S2/c1-9(25)10-2-3-11(14(8-10)22(26)27)17-12-4-6-15(23)20(35(28,29)30)18(12)34-19-13(17)5-7-16(24)21(19)36(31,32)33/h2-8,23H,24H2,1H3,(H,26,27)(H,28,29,30)(H,31,32,33)/p-3. The smallest absolute Gasteiger partial charge is 0.159 e. The lowest BCUT2D eigenvalue weighted by Gasteiger charge is -2.23. The molecule has 0 atom stereocenters. The van der Waals surface area contributed by atoms with Gasteiger partial charge in [0.05, 0.1) is 17.0 Å². The molecule has 0 fully saturated rings. The molecule has 1 aliphatic carbocycles. The van der Waals surface area contributed by atoms with Crippen molar-refractivity contribution in [3.8, 4) is 22.5 Å². The van der Waals surface area contributed by atoms with Gasteiger partial charge in [-0.15, -0.1) is 0 Å². The normalized spacial score (nSPS) is 12.2. The van der Waals surface area contributed by atoms with Crippen LogP contribution in [0.15, 0.2) is 56.7 Å². The van der Waals surface area contributed by atoms with Crippen LogP contribution in [0.4, 0.5) is 5.69 Å². The maximum absolute atomic E-state index is 12.0. The van der Waals surface area contributed by atoms with Gasteiger partial charge in [0.1, 0.15) is 30.0 Å². The summed E-state index contributed by atoms with van der Waals surface area (Å²) in [5, 5.41) is 18.9. The number of rotatable bonds is 5. The number of Topliss-reactive ketones (excluding diaryl/α,β-unsaturated/α-hetero) is 1. The Labute approximate surface area is 203 Å². The zero-order valence-corrected chi connectivity index (χ0v) is 19.7. The lowest BCUT2D eigenvalue weighted by Crippen LogP contribution is -2.23. The lowest BCUT2D eigenvalue weighted by molar-refractivity contribution is -0.254. The molecule has 0 spiro atoms. The first-order valence-electron chi connectivity index (χ1n) is 9.78. The second-order valence-electron chi connectivity index (χ2n) is 7.67. The number of benzene rings is 3. The first-order chi connectivity index (χ1) is 16.6. The van der Waals surface area contributed by atoms with E-state index in [1.54, 1.807) is 0 Å². The van der Waals surface area contributed by atoms with Gasteiger partial charge in [-0.25, -0.2) is 16.8 Å². The summed E-state index contributed by atoms with van der Waals surface area (Å²) in [7, 11) is -10.7. The molecular formula is C22H13N2O10S2-3. The Bertz CT molecular complexity index is 1870. The zero-order valence-electron chi connectivity index (χ0n) is 18.0. The van der Waals surface area contributed by atoms with Crippen molar-refractivity contribution in [1.29, 1.82) is 5.41 Å². The van der Waals surface area contributed by atoms with Gasteiger partial charge in [0.25, 0.3) is 0 Å². The number of hydrogen-bond acceptors (Lipinski definition) is 12. The van der Waals surface area contributed by atoms with E-state index in [0.717, 1.165) is 24.3 Å². The molecule has 12 nitrogen and oxygen atoms in total. The van der Waals surface area contributed by atoms with Gasteiger partial charge in [0, 0.05) is 27.6 Å². The lowest BCUT2D eigenvalue weighted by atomic mass is 9.89. The molecular weight excluding hydrogens is 516 g/mol. The van der Waals surface area contributed by atoms with Crippen molar-refractivity contribution < 1.29 is 45.1 Å². The first kappa shape index (κ1) is 25.0. The minimum absolute atomic E-state index is 0.00415. The number of ketones is 1. The van der Waals surface area contributed by atoms with Crippen molar-refractivity contribution >= 4 is 48.6 Å². The van der Waals surface area contributed by atoms with E-state index in [0.29, 0.717) is 0 Å². The molecule has 0 saturated carbocycles. The largest absolute Gasteiger partial charge is 0.744 e. The molecule has 14 heteroatoms. The predicted molar refractivity (Wildman–Crippen MR) is 119 cm³/mol. The fraction of sp³-hybridized carbons (Fsp3) is 0.0455. The SMILES string of the molecule is CC(=O)c1ccc(-c2c3ccc(=N)c(S(=O)(=O)[O-])c-3oc3c(S(=O)(=O)[O-])c(N)ccc23)c(C(=O)[O-])c1. The molecule has 0 radical (unpaired) electrons. The van der Waals surface area contributed by atoms with Gasteiger partial charge in [0.2, 0.25) is 0 Å². The summed E-state index contributed by atoms with van der Waals surface area (Å²) in [4.78, 5) is 21.6. The highest BCUT2D eigenvalue weighted by molar-refractivity contribution is 7.86. The summed E-state index contributed by atoms with van der Waals surface area (Å²) in [5.74, 6) is -3.01. The highest BCUT2D eigenvalue weighted by atomic mass is 32.2. The van der Waals surface area contributed by atoms with Gasteiger partial charge < -0.3 is 29.2 Å². The van der Waals surface area contributed by atoms with Crippen molar-refractivity contribution in [3.63, 3.8) is 0 Å². The van der Waals surface area contributed by atoms with E-state index < -0.39 is 69.7 Å².